The standard InChI is InChI=1S/C33H18F12N2O5S2/c1-52-26-12-21(29(48)49)24(34)13-25(26)47-54(50,51)27-14-53-28(46-27)20-9-5-17(11-23(20)32(40,41)42)19-8-4-16(10-22(19)31(37,38)39)15-2-6-18(7-3-15)30(35,36)33(43,44)45/h2-14,47H,1H3,(H,48,49). The topological polar surface area (TPSA) is 106 Å². The van der Waals surface area contributed by atoms with E-state index in [1.807, 2.05) is 4.72 Å². The second-order valence-electron chi connectivity index (χ2n) is 11.1. The van der Waals surface area contributed by atoms with Gasteiger partial charge in [0.25, 0.3) is 10.0 Å². The number of halogens is 12. The van der Waals surface area contributed by atoms with Crippen molar-refractivity contribution >= 4 is 33.0 Å². The van der Waals surface area contributed by atoms with Crippen molar-refractivity contribution in [2.24, 2.45) is 0 Å². The van der Waals surface area contributed by atoms with Crippen molar-refractivity contribution in [1.82, 2.24) is 4.98 Å². The second kappa shape index (κ2) is 13.8. The first-order valence-electron chi connectivity index (χ1n) is 14.4. The first-order valence-corrected chi connectivity index (χ1v) is 16.8. The number of carbonyl (C=O) groups is 1. The third-order valence-corrected chi connectivity index (χ3v) is 9.92. The second-order valence-corrected chi connectivity index (χ2v) is 13.6. The molecule has 21 heteroatoms. The number of aromatic nitrogens is 1. The fourth-order valence-electron chi connectivity index (χ4n) is 5.05. The molecule has 7 nitrogen and oxygen atoms in total. The van der Waals surface area contributed by atoms with E-state index in [0.717, 1.165) is 48.9 Å². The maximum atomic E-state index is 14.4. The van der Waals surface area contributed by atoms with Crippen LogP contribution in [0.4, 0.5) is 58.4 Å². The van der Waals surface area contributed by atoms with Gasteiger partial charge < -0.3 is 9.84 Å². The van der Waals surface area contributed by atoms with E-state index in [9.17, 15) is 65.9 Å². The molecular weight excluding hydrogens is 796 g/mol. The van der Waals surface area contributed by atoms with Crippen LogP contribution in [0.15, 0.2) is 83.2 Å². The van der Waals surface area contributed by atoms with Gasteiger partial charge in [-0.15, -0.1) is 11.3 Å². The Hall–Kier alpha value is -5.31. The zero-order valence-electron chi connectivity index (χ0n) is 26.4. The van der Waals surface area contributed by atoms with E-state index in [4.69, 9.17) is 9.84 Å². The number of methoxy groups -OCH3 is 1. The zero-order chi connectivity index (χ0) is 40.2. The van der Waals surface area contributed by atoms with Crippen LogP contribution in [0.1, 0.15) is 27.0 Å². The fraction of sp³-hybridized carbons (Fsp3) is 0.152. The first-order chi connectivity index (χ1) is 24.8. The molecule has 5 aromatic rings. The molecule has 1 aromatic heterocycles. The van der Waals surface area contributed by atoms with Gasteiger partial charge >= 0.3 is 30.4 Å². The number of ether oxygens (including phenoxy) is 1. The number of nitrogens with zero attached hydrogens (tertiary/aromatic N) is 1. The summed E-state index contributed by atoms with van der Waals surface area (Å²) in [7, 11) is -3.77. The third kappa shape index (κ3) is 7.81. The average molecular weight is 815 g/mol. The lowest BCUT2D eigenvalue weighted by molar-refractivity contribution is -0.289. The number of anilines is 1. The number of hydrogen-bond donors (Lipinski definition) is 2. The molecule has 0 aliphatic heterocycles. The molecule has 0 saturated carbocycles. The maximum Gasteiger partial charge on any atom is 0.458 e. The minimum Gasteiger partial charge on any atom is -0.495 e. The molecular formula is C33H18F12N2O5S2. The summed E-state index contributed by atoms with van der Waals surface area (Å²) in [6.45, 7) is 0. The van der Waals surface area contributed by atoms with Gasteiger partial charge in [-0.3, -0.25) is 4.72 Å². The van der Waals surface area contributed by atoms with E-state index < -0.39 is 107 Å². The predicted octanol–water partition coefficient (Wildman–Crippen LogP) is 10.5. The van der Waals surface area contributed by atoms with E-state index in [1.165, 1.54) is 0 Å². The van der Waals surface area contributed by atoms with Gasteiger partial charge in [0.2, 0.25) is 0 Å². The van der Waals surface area contributed by atoms with E-state index >= 15 is 0 Å². The predicted molar refractivity (Wildman–Crippen MR) is 169 cm³/mol. The van der Waals surface area contributed by atoms with Crippen molar-refractivity contribution in [3.8, 4) is 38.6 Å². The molecule has 0 bridgehead atoms. The highest BCUT2D eigenvalue weighted by Gasteiger charge is 2.58. The highest BCUT2D eigenvalue weighted by molar-refractivity contribution is 7.92. The van der Waals surface area contributed by atoms with Crippen molar-refractivity contribution < 1.29 is 75.7 Å². The van der Waals surface area contributed by atoms with Crippen molar-refractivity contribution in [3.05, 3.63) is 106 Å². The zero-order valence-corrected chi connectivity index (χ0v) is 28.0. The molecule has 1 heterocycles. The van der Waals surface area contributed by atoms with Crippen LogP contribution in [0.3, 0.4) is 0 Å². The first kappa shape index (κ1) is 39.9. The summed E-state index contributed by atoms with van der Waals surface area (Å²) in [4.78, 5) is 14.9. The fourth-order valence-corrected chi connectivity index (χ4v) is 7.24. The van der Waals surface area contributed by atoms with Crippen molar-refractivity contribution in [1.29, 1.82) is 0 Å². The smallest absolute Gasteiger partial charge is 0.458 e. The monoisotopic (exact) mass is 814 g/mol. The van der Waals surface area contributed by atoms with Gasteiger partial charge in [0.1, 0.15) is 16.6 Å². The molecule has 0 aliphatic carbocycles. The van der Waals surface area contributed by atoms with Crippen molar-refractivity contribution in [2.75, 3.05) is 11.8 Å². The number of sulfonamides is 1. The molecule has 0 spiro atoms. The number of rotatable bonds is 9. The summed E-state index contributed by atoms with van der Waals surface area (Å²) in [5, 5.41) is 8.49. The summed E-state index contributed by atoms with van der Waals surface area (Å²) in [5.74, 6) is -8.75. The highest BCUT2D eigenvalue weighted by Crippen LogP contribution is 2.46. The Balaban J connectivity index is 1.52. The van der Waals surface area contributed by atoms with Crippen LogP contribution in [-0.2, 0) is 28.3 Å². The van der Waals surface area contributed by atoms with Gasteiger partial charge in [0.05, 0.1) is 29.5 Å². The summed E-state index contributed by atoms with van der Waals surface area (Å²) in [6.07, 6.45) is -16.4. The van der Waals surface area contributed by atoms with E-state index in [0.29, 0.717) is 47.7 Å². The Morgan fingerprint density at radius 3 is 1.85 bits per heavy atom. The van der Waals surface area contributed by atoms with Gasteiger partial charge in [-0.25, -0.2) is 14.2 Å². The maximum absolute atomic E-state index is 14.4. The average Bonchev–Trinajstić information content (AvgIpc) is 3.58. The number of aromatic carboxylic acids is 1. The minimum absolute atomic E-state index is 0.218. The molecule has 4 aromatic carbocycles. The quantitative estimate of drug-likeness (QED) is 0.144. The van der Waals surface area contributed by atoms with E-state index in [2.05, 4.69) is 4.98 Å². The number of carboxylic acids is 1. The SMILES string of the molecule is COc1cc(C(=O)O)c(F)cc1NS(=O)(=O)c1csc(-c2ccc(-c3ccc(-c4ccc(C(F)(F)C(F)(F)F)cc4)cc3C(F)(F)F)cc2C(F)(F)F)n1. The molecule has 2 N–H and O–H groups in total. The Morgan fingerprint density at radius 1 is 0.759 bits per heavy atom. The number of nitrogens with one attached hydrogen (secondary N) is 1. The van der Waals surface area contributed by atoms with Crippen LogP contribution in [0.2, 0.25) is 0 Å². The van der Waals surface area contributed by atoms with Crippen LogP contribution < -0.4 is 9.46 Å². The largest absolute Gasteiger partial charge is 0.495 e. The molecule has 0 fully saturated rings. The van der Waals surface area contributed by atoms with E-state index in [1.54, 1.807) is 0 Å². The molecule has 0 amide bonds. The summed E-state index contributed by atoms with van der Waals surface area (Å²) < 4.78 is 199. The normalized spacial score (nSPS) is 12.8. The van der Waals surface area contributed by atoms with E-state index in [-0.39, 0.29) is 11.1 Å². The Kier molecular flexibility index (Phi) is 10.2. The summed E-state index contributed by atoms with van der Waals surface area (Å²) in [6, 6.07) is 7.60. The third-order valence-electron chi connectivity index (χ3n) is 7.65. The Bertz CT molecular complexity index is 2350. The molecule has 54 heavy (non-hydrogen) atoms. The van der Waals surface area contributed by atoms with Crippen molar-refractivity contribution in [3.63, 3.8) is 0 Å². The summed E-state index contributed by atoms with van der Waals surface area (Å²) in [5.41, 5.74) is -8.60. The number of alkyl halides is 11. The molecule has 0 radical (unpaired) electrons. The molecule has 0 aliphatic rings. The van der Waals surface area contributed by atoms with Gasteiger partial charge in [-0.1, -0.05) is 48.5 Å². The number of hydrogen-bond acceptors (Lipinski definition) is 6. The highest BCUT2D eigenvalue weighted by atomic mass is 32.2. The van der Waals surface area contributed by atoms with Crippen LogP contribution in [0, 0.1) is 5.82 Å². The van der Waals surface area contributed by atoms with Crippen LogP contribution in [-0.4, -0.2) is 37.8 Å². The lowest BCUT2D eigenvalue weighted by Crippen LogP contribution is -2.33. The molecule has 0 atom stereocenters. The van der Waals surface area contributed by atoms with Crippen molar-refractivity contribution in [2.45, 2.75) is 29.5 Å². The molecule has 286 valence electrons. The number of thiazole rings is 1. The van der Waals surface area contributed by atoms with Gasteiger partial charge in [0.15, 0.2) is 5.03 Å². The lowest BCUT2D eigenvalue weighted by atomic mass is 9.92. The number of benzene rings is 4. The lowest BCUT2D eigenvalue weighted by Gasteiger charge is -2.20. The summed E-state index contributed by atoms with van der Waals surface area (Å²) >= 11 is 0.400. The van der Waals surface area contributed by atoms with Gasteiger partial charge in [-0.2, -0.15) is 56.7 Å². The minimum atomic E-state index is -5.95. The van der Waals surface area contributed by atoms with Crippen LogP contribution in [0.25, 0.3) is 32.8 Å². The Morgan fingerprint density at radius 2 is 1.30 bits per heavy atom. The van der Waals surface area contributed by atoms with Crippen LogP contribution >= 0.6 is 11.3 Å². The van der Waals surface area contributed by atoms with Crippen LogP contribution in [0.5, 0.6) is 5.75 Å². The Labute approximate surface area is 299 Å². The molecule has 0 saturated heterocycles. The van der Waals surface area contributed by atoms with Gasteiger partial charge in [0, 0.05) is 22.6 Å². The number of carboxylic acid groups (broad SMARTS) is 1. The van der Waals surface area contributed by atoms with Gasteiger partial charge in [-0.05, 0) is 40.5 Å². The molecule has 0 unspecified atom stereocenters. The molecule has 5 rings (SSSR count).